The zero-order chi connectivity index (χ0) is 7.52. The van der Waals surface area contributed by atoms with Crippen molar-refractivity contribution in [3.05, 3.63) is 46.1 Å². The van der Waals surface area contributed by atoms with Crippen molar-refractivity contribution < 1.29 is 0 Å². The number of hydrogen-bond donors (Lipinski definition) is 1. The van der Waals surface area contributed by atoms with E-state index in [1.165, 1.54) is 12.8 Å². The van der Waals surface area contributed by atoms with Crippen molar-refractivity contribution >= 4 is 10.9 Å². The molecule has 0 atom stereocenters. The predicted octanol–water partition coefficient (Wildman–Crippen LogP) is 3.26. The van der Waals surface area contributed by atoms with Gasteiger partial charge in [-0.2, -0.15) is 10.9 Å². The van der Waals surface area contributed by atoms with E-state index in [9.17, 15) is 0 Å². The van der Waals surface area contributed by atoms with Gasteiger partial charge in [0, 0.05) is 0 Å². The molecule has 11 heavy (non-hydrogen) atoms. The standard InChI is InChI=1S/C10H12S/c1-2-6-10(7-3-1)11-8-4-5-9-11/h1-2,4-6,8-9,11H,3,7H2. The Morgan fingerprint density at radius 1 is 1.09 bits per heavy atom. The summed E-state index contributed by atoms with van der Waals surface area (Å²) in [6.07, 6.45) is 13.5. The van der Waals surface area contributed by atoms with Crippen LogP contribution in [0.1, 0.15) is 12.8 Å². The maximum Gasteiger partial charge on any atom is -0.0195 e. The molecule has 0 amide bonds. The van der Waals surface area contributed by atoms with E-state index in [2.05, 4.69) is 41.2 Å². The van der Waals surface area contributed by atoms with Crippen molar-refractivity contribution in [3.63, 3.8) is 0 Å². The van der Waals surface area contributed by atoms with Gasteiger partial charge in [0.25, 0.3) is 0 Å². The average Bonchev–Trinajstić information content (AvgIpc) is 2.58. The van der Waals surface area contributed by atoms with E-state index in [-0.39, 0.29) is 10.9 Å². The Hall–Kier alpha value is -0.690. The molecule has 0 saturated heterocycles. The lowest BCUT2D eigenvalue weighted by molar-refractivity contribution is 1.02. The largest absolute Gasteiger partial charge is 0.190 e. The van der Waals surface area contributed by atoms with Crippen molar-refractivity contribution in [2.75, 3.05) is 0 Å². The summed E-state index contributed by atoms with van der Waals surface area (Å²) in [4.78, 5) is 1.62. The zero-order valence-corrected chi connectivity index (χ0v) is 7.30. The second kappa shape index (κ2) is 3.14. The van der Waals surface area contributed by atoms with Crippen LogP contribution in [0.3, 0.4) is 0 Å². The summed E-state index contributed by atoms with van der Waals surface area (Å²) in [6, 6.07) is 0. The molecule has 0 spiro atoms. The third kappa shape index (κ3) is 1.48. The summed E-state index contributed by atoms with van der Waals surface area (Å²) in [6.45, 7) is 0. The molecule has 0 fully saturated rings. The fraction of sp³-hybridized carbons (Fsp3) is 0.200. The van der Waals surface area contributed by atoms with Crippen molar-refractivity contribution in [2.24, 2.45) is 0 Å². The fourth-order valence-electron chi connectivity index (χ4n) is 1.33. The van der Waals surface area contributed by atoms with Crippen LogP contribution >= 0.6 is 10.9 Å². The smallest absolute Gasteiger partial charge is 0.0195 e. The summed E-state index contributed by atoms with van der Waals surface area (Å²) in [7, 11) is -0.0145. The van der Waals surface area contributed by atoms with Gasteiger partial charge >= 0.3 is 0 Å². The van der Waals surface area contributed by atoms with Crippen LogP contribution in [0.4, 0.5) is 0 Å². The minimum absolute atomic E-state index is 0.0145. The highest BCUT2D eigenvalue weighted by Crippen LogP contribution is 2.44. The molecule has 2 rings (SSSR count). The van der Waals surface area contributed by atoms with Crippen LogP contribution in [-0.2, 0) is 0 Å². The Kier molecular flexibility index (Phi) is 1.99. The lowest BCUT2D eigenvalue weighted by atomic mass is 10.2. The molecule has 1 heteroatoms. The van der Waals surface area contributed by atoms with Crippen molar-refractivity contribution in [2.45, 2.75) is 12.8 Å². The van der Waals surface area contributed by atoms with Crippen LogP contribution in [0, 0.1) is 0 Å². The van der Waals surface area contributed by atoms with Crippen LogP contribution in [-0.4, -0.2) is 0 Å². The van der Waals surface area contributed by atoms with Crippen LogP contribution in [0.2, 0.25) is 0 Å². The molecular weight excluding hydrogens is 152 g/mol. The van der Waals surface area contributed by atoms with Gasteiger partial charge in [0.2, 0.25) is 0 Å². The van der Waals surface area contributed by atoms with E-state index in [1.54, 1.807) is 4.91 Å². The minimum atomic E-state index is -0.0145. The second-order valence-corrected chi connectivity index (χ2v) is 4.70. The first-order valence-electron chi connectivity index (χ1n) is 3.96. The molecule has 58 valence electrons. The van der Waals surface area contributed by atoms with E-state index < -0.39 is 0 Å². The van der Waals surface area contributed by atoms with E-state index in [1.807, 2.05) is 0 Å². The van der Waals surface area contributed by atoms with Gasteiger partial charge < -0.3 is 0 Å². The lowest BCUT2D eigenvalue weighted by Gasteiger charge is -2.16. The van der Waals surface area contributed by atoms with Crippen molar-refractivity contribution in [1.82, 2.24) is 0 Å². The SMILES string of the molecule is C1=CCCC([SH]2C=CC=C2)=C1. The van der Waals surface area contributed by atoms with Gasteiger partial charge in [-0.15, -0.1) is 0 Å². The van der Waals surface area contributed by atoms with Crippen LogP contribution < -0.4 is 0 Å². The molecule has 0 radical (unpaired) electrons. The van der Waals surface area contributed by atoms with Gasteiger partial charge in [0.1, 0.15) is 0 Å². The highest BCUT2D eigenvalue weighted by atomic mass is 32.2. The predicted molar refractivity (Wildman–Crippen MR) is 53.7 cm³/mol. The monoisotopic (exact) mass is 164 g/mol. The molecule has 2 aliphatic rings. The van der Waals surface area contributed by atoms with Gasteiger partial charge in [0.15, 0.2) is 0 Å². The average molecular weight is 164 g/mol. The summed E-state index contributed by atoms with van der Waals surface area (Å²) in [5.41, 5.74) is 0. The Balaban J connectivity index is 2.15. The molecule has 0 unspecified atom stereocenters. The maximum atomic E-state index is 2.32. The Morgan fingerprint density at radius 3 is 2.55 bits per heavy atom. The zero-order valence-electron chi connectivity index (χ0n) is 6.40. The number of allylic oxidation sites excluding steroid dienone is 6. The van der Waals surface area contributed by atoms with Crippen molar-refractivity contribution in [3.8, 4) is 0 Å². The molecule has 0 aromatic heterocycles. The Morgan fingerprint density at radius 2 is 1.91 bits per heavy atom. The molecule has 0 saturated carbocycles. The quantitative estimate of drug-likeness (QED) is 0.565. The van der Waals surface area contributed by atoms with Gasteiger partial charge in [-0.25, -0.2) is 0 Å². The normalized spacial score (nSPS) is 24.4. The number of thiol groups is 1. The third-order valence-electron chi connectivity index (χ3n) is 1.93. The highest BCUT2D eigenvalue weighted by Gasteiger charge is 2.06. The molecule has 0 aromatic carbocycles. The molecular formula is C10H12S. The van der Waals surface area contributed by atoms with Gasteiger partial charge in [-0.1, -0.05) is 30.4 Å². The first kappa shape index (κ1) is 6.99. The van der Waals surface area contributed by atoms with Crippen molar-refractivity contribution in [1.29, 1.82) is 0 Å². The highest BCUT2D eigenvalue weighted by molar-refractivity contribution is 8.25. The molecule has 0 N–H and O–H groups in total. The molecule has 1 aliphatic carbocycles. The van der Waals surface area contributed by atoms with E-state index in [4.69, 9.17) is 0 Å². The Labute approximate surface area is 70.3 Å². The minimum Gasteiger partial charge on any atom is -0.190 e. The summed E-state index contributed by atoms with van der Waals surface area (Å²) in [5.74, 6) is 0. The maximum absolute atomic E-state index is 2.32. The molecule has 0 bridgehead atoms. The van der Waals surface area contributed by atoms with Gasteiger partial charge in [0.05, 0.1) is 0 Å². The number of rotatable bonds is 1. The summed E-state index contributed by atoms with van der Waals surface area (Å²) < 4.78 is 0. The van der Waals surface area contributed by atoms with E-state index in [0.717, 1.165) is 0 Å². The molecule has 0 nitrogen and oxygen atoms in total. The number of hydrogen-bond acceptors (Lipinski definition) is 0. The van der Waals surface area contributed by atoms with E-state index >= 15 is 0 Å². The molecule has 1 heterocycles. The van der Waals surface area contributed by atoms with Crippen LogP contribution in [0.5, 0.6) is 0 Å². The van der Waals surface area contributed by atoms with Gasteiger partial charge in [-0.05, 0) is 28.6 Å². The molecule has 0 aromatic rings. The summed E-state index contributed by atoms with van der Waals surface area (Å²) >= 11 is 0. The first-order chi connectivity index (χ1) is 5.47. The topological polar surface area (TPSA) is 0 Å². The van der Waals surface area contributed by atoms with Crippen LogP contribution in [0.15, 0.2) is 46.1 Å². The van der Waals surface area contributed by atoms with Crippen LogP contribution in [0.25, 0.3) is 0 Å². The first-order valence-corrected chi connectivity index (χ1v) is 5.44. The Bertz CT molecular complexity index is 244. The van der Waals surface area contributed by atoms with E-state index in [0.29, 0.717) is 0 Å². The molecule has 1 aliphatic heterocycles. The fourth-order valence-corrected chi connectivity index (χ4v) is 3.03. The summed E-state index contributed by atoms with van der Waals surface area (Å²) in [5, 5.41) is 4.64. The lowest BCUT2D eigenvalue weighted by Crippen LogP contribution is -1.84. The third-order valence-corrected chi connectivity index (χ3v) is 3.95. The van der Waals surface area contributed by atoms with Gasteiger partial charge in [-0.3, -0.25) is 0 Å². The second-order valence-electron chi connectivity index (χ2n) is 2.72.